The molecule has 0 radical (unpaired) electrons. The molecule has 1 N–H and O–H groups in total. The van der Waals surface area contributed by atoms with Crippen LogP contribution in [-0.2, 0) is 12.8 Å². The molecule has 126 valence electrons. The van der Waals surface area contributed by atoms with Crippen LogP contribution in [0.1, 0.15) is 50.7 Å². The molecule has 4 nitrogen and oxygen atoms in total. The minimum atomic E-state index is 0.434. The molecule has 2 aromatic heterocycles. The highest BCUT2D eigenvalue weighted by Gasteiger charge is 2.26. The molecule has 24 heavy (non-hydrogen) atoms. The fourth-order valence-corrected chi connectivity index (χ4v) is 3.47. The zero-order chi connectivity index (χ0) is 16.7. The van der Waals surface area contributed by atoms with Crippen molar-refractivity contribution in [2.75, 3.05) is 0 Å². The molecule has 0 fully saturated rings. The van der Waals surface area contributed by atoms with E-state index in [1.807, 2.05) is 0 Å². The van der Waals surface area contributed by atoms with E-state index in [2.05, 4.69) is 64.3 Å². The monoisotopic (exact) mass is 323 g/mol. The van der Waals surface area contributed by atoms with Gasteiger partial charge in [-0.05, 0) is 55.0 Å². The van der Waals surface area contributed by atoms with Crippen molar-refractivity contribution in [3.8, 4) is 11.4 Å². The van der Waals surface area contributed by atoms with E-state index in [0.29, 0.717) is 5.75 Å². The van der Waals surface area contributed by atoms with E-state index in [-0.39, 0.29) is 0 Å². The Morgan fingerprint density at radius 3 is 2.12 bits per heavy atom. The van der Waals surface area contributed by atoms with Gasteiger partial charge in [-0.3, -0.25) is 0 Å². The number of nitrogens with zero attached hydrogens (tertiary/aromatic N) is 3. The topological polar surface area (TPSA) is 34.0 Å². The van der Waals surface area contributed by atoms with Gasteiger partial charge in [0.15, 0.2) is 0 Å². The first-order valence-electron chi connectivity index (χ1n) is 9.10. The first-order valence-corrected chi connectivity index (χ1v) is 9.10. The zero-order valence-electron chi connectivity index (χ0n) is 14.5. The molecule has 0 saturated heterocycles. The molecule has 4 heteroatoms. The van der Waals surface area contributed by atoms with Crippen LogP contribution >= 0.6 is 0 Å². The molecule has 0 aliphatic heterocycles. The fraction of sp³-hybridized carbons (Fsp3) is 0.400. The number of unbranched alkanes of at least 4 members (excludes halogenated alkanes) is 2. The summed E-state index contributed by atoms with van der Waals surface area (Å²) in [6, 6.07) is 12.7. The van der Waals surface area contributed by atoms with Crippen LogP contribution in [0.2, 0.25) is 0 Å². The van der Waals surface area contributed by atoms with Gasteiger partial charge in [0.25, 0.3) is 0 Å². The highest BCUT2D eigenvalue weighted by atomic mass is 16.3. The molecule has 2 aromatic carbocycles. The van der Waals surface area contributed by atoms with Crippen LogP contribution in [0.4, 0.5) is 0 Å². The Balaban J connectivity index is 1.78. The number of aromatic hydroxyl groups is 1. The Labute approximate surface area is 142 Å². The number of hydrogen-bond acceptors (Lipinski definition) is 1. The van der Waals surface area contributed by atoms with Crippen molar-refractivity contribution < 1.29 is 5.11 Å². The predicted octanol–water partition coefficient (Wildman–Crippen LogP) is 4.81. The van der Waals surface area contributed by atoms with Gasteiger partial charge in [0.05, 0.1) is 0 Å². The summed E-state index contributed by atoms with van der Waals surface area (Å²) < 4.78 is 4.22. The van der Waals surface area contributed by atoms with Crippen LogP contribution in [-0.4, -0.2) is 19.2 Å². The highest BCUT2D eigenvalue weighted by Crippen LogP contribution is 2.34. The third-order valence-corrected chi connectivity index (χ3v) is 4.88. The Morgan fingerprint density at radius 1 is 0.875 bits per heavy atom. The summed E-state index contributed by atoms with van der Waals surface area (Å²) >= 11 is 0. The van der Waals surface area contributed by atoms with Crippen molar-refractivity contribution in [2.24, 2.45) is 0 Å². The Hall–Kier alpha value is -2.36. The molecule has 0 amide bonds. The van der Waals surface area contributed by atoms with Gasteiger partial charge >= 0.3 is 0 Å². The van der Waals surface area contributed by atoms with Crippen LogP contribution in [0.25, 0.3) is 16.7 Å². The van der Waals surface area contributed by atoms with Crippen LogP contribution in [0.5, 0.6) is 5.75 Å². The van der Waals surface area contributed by atoms with Gasteiger partial charge < -0.3 is 5.11 Å². The molecular formula is C20H25N3O. The Morgan fingerprint density at radius 2 is 1.50 bits per heavy atom. The van der Waals surface area contributed by atoms with Crippen molar-refractivity contribution in [2.45, 2.75) is 52.4 Å². The number of rotatable bonds is 7. The maximum atomic E-state index is 10.8. The summed E-state index contributed by atoms with van der Waals surface area (Å²) in [6.45, 7) is 4.41. The SMILES string of the molecule is CCCCc1cc(CCCC)c(O)c(-n2n3c4ccccc4n23)c1. The number of para-hydroxylation sites is 2. The fourth-order valence-electron chi connectivity index (χ4n) is 3.47. The second kappa shape index (κ2) is 5.93. The summed E-state index contributed by atoms with van der Waals surface area (Å²) in [6.07, 6.45) is 6.64. The van der Waals surface area contributed by atoms with Crippen molar-refractivity contribution in [3.63, 3.8) is 0 Å². The highest BCUT2D eigenvalue weighted by molar-refractivity contribution is 5.79. The molecule has 0 unspecified atom stereocenters. The zero-order valence-corrected chi connectivity index (χ0v) is 14.5. The second-order valence-corrected chi connectivity index (χ2v) is 6.69. The molecule has 4 aromatic rings. The summed E-state index contributed by atoms with van der Waals surface area (Å²) in [5, 5.41) is 10.8. The summed E-state index contributed by atoms with van der Waals surface area (Å²) in [5.74, 6) is 0.434. The summed E-state index contributed by atoms with van der Waals surface area (Å²) in [5.41, 5.74) is 5.72. The van der Waals surface area contributed by atoms with E-state index < -0.39 is 0 Å². The molecule has 0 aliphatic rings. The molecule has 4 rings (SSSR count). The number of aromatic nitrogens is 3. The van der Waals surface area contributed by atoms with Crippen LogP contribution in [0.3, 0.4) is 0 Å². The van der Waals surface area contributed by atoms with Crippen molar-refractivity contribution in [1.29, 1.82) is 0 Å². The first-order chi connectivity index (χ1) is 11.8. The third-order valence-electron chi connectivity index (χ3n) is 4.88. The normalized spacial score (nSPS) is 12.1. The molecular weight excluding hydrogens is 298 g/mol. The average Bonchev–Trinajstić information content (AvgIpc) is 3.26. The van der Waals surface area contributed by atoms with E-state index in [0.717, 1.165) is 36.9 Å². The molecule has 0 atom stereocenters. The molecule has 0 saturated carbocycles. The standard InChI is InChI=1S/C20H25N3O/c1-3-5-9-15-13-16(10-6-4-2)20(24)19(14-15)23-21-17-11-7-8-12-18(17)22(21)23/h7-8,11-14,24H,3-6,9-10H2,1-2H3. The van der Waals surface area contributed by atoms with Gasteiger partial charge in [-0.1, -0.05) is 44.9 Å². The lowest BCUT2D eigenvalue weighted by molar-refractivity contribution is 0.463. The molecule has 2 heterocycles. The maximum Gasteiger partial charge on any atom is 0.146 e. The van der Waals surface area contributed by atoms with E-state index in [9.17, 15) is 5.11 Å². The van der Waals surface area contributed by atoms with Gasteiger partial charge in [-0.25, -0.2) is 0 Å². The van der Waals surface area contributed by atoms with E-state index in [1.165, 1.54) is 29.4 Å². The van der Waals surface area contributed by atoms with E-state index in [4.69, 9.17) is 0 Å². The van der Waals surface area contributed by atoms with Crippen molar-refractivity contribution in [1.82, 2.24) is 14.1 Å². The Bertz CT molecular complexity index is 914. The largest absolute Gasteiger partial charge is 0.505 e. The van der Waals surface area contributed by atoms with Gasteiger partial charge in [0.2, 0.25) is 0 Å². The van der Waals surface area contributed by atoms with Crippen molar-refractivity contribution >= 4 is 11.0 Å². The number of benzene rings is 2. The third kappa shape index (κ3) is 2.29. The van der Waals surface area contributed by atoms with E-state index >= 15 is 0 Å². The van der Waals surface area contributed by atoms with Gasteiger partial charge in [0, 0.05) is 0 Å². The Kier molecular flexibility index (Phi) is 3.75. The minimum absolute atomic E-state index is 0.434. The lowest BCUT2D eigenvalue weighted by atomic mass is 10.00. The smallest absolute Gasteiger partial charge is 0.146 e. The summed E-state index contributed by atoms with van der Waals surface area (Å²) in [7, 11) is 0. The van der Waals surface area contributed by atoms with Gasteiger partial charge in [0.1, 0.15) is 22.5 Å². The summed E-state index contributed by atoms with van der Waals surface area (Å²) in [4.78, 5) is 2.07. The lowest BCUT2D eigenvalue weighted by Gasteiger charge is -2.10. The maximum absolute atomic E-state index is 10.8. The lowest BCUT2D eigenvalue weighted by Crippen LogP contribution is -1.97. The van der Waals surface area contributed by atoms with Gasteiger partial charge in [-0.15, -0.1) is 14.1 Å². The molecule has 0 bridgehead atoms. The number of phenolic OH excluding ortho intramolecular Hbond substituents is 1. The van der Waals surface area contributed by atoms with Crippen LogP contribution in [0.15, 0.2) is 36.4 Å². The average molecular weight is 323 g/mol. The van der Waals surface area contributed by atoms with Crippen LogP contribution in [0, 0.1) is 0 Å². The molecule has 0 aliphatic carbocycles. The second-order valence-electron chi connectivity index (χ2n) is 6.69. The predicted molar refractivity (Wildman–Crippen MR) is 97.8 cm³/mol. The molecule has 0 spiro atoms. The number of aryl methyl sites for hydroxylation is 2. The number of hydrogen-bond donors (Lipinski definition) is 1. The minimum Gasteiger partial charge on any atom is -0.505 e. The van der Waals surface area contributed by atoms with Gasteiger partial charge in [-0.2, -0.15) is 0 Å². The number of phenols is 1. The van der Waals surface area contributed by atoms with Crippen molar-refractivity contribution in [3.05, 3.63) is 47.5 Å². The van der Waals surface area contributed by atoms with Crippen LogP contribution < -0.4 is 0 Å². The first kappa shape index (κ1) is 15.2. The number of fused-ring (bicyclic) bond motifs is 4. The van der Waals surface area contributed by atoms with E-state index in [1.54, 1.807) is 0 Å². The quantitative estimate of drug-likeness (QED) is 0.520.